The maximum atomic E-state index is 16.6. The Bertz CT molecular complexity index is 5250. The van der Waals surface area contributed by atoms with Gasteiger partial charge in [-0.1, -0.05) is 103 Å². The number of nitrogens with one attached hydrogen (secondary N) is 8. The molecule has 7 aromatic rings. The number of hydrogen-bond donors (Lipinski definition) is 20. The molecule has 22 N–H and O–H groups in total. The molecule has 0 unspecified atom stereocenters. The number of fused-ring (bicyclic) bond motifs is 15. The molecule has 11 bridgehead atoms. The zero-order valence-corrected chi connectivity index (χ0v) is 70.6. The maximum absolute atomic E-state index is 16.6. The molecule has 3 fully saturated rings. The maximum Gasteiger partial charge on any atom is 0.330 e. The van der Waals surface area contributed by atoms with Crippen LogP contribution in [0.1, 0.15) is 131 Å². The standard InChI is InChI=1S/C86H97Cl3N10O26/c1-35(2)22-51(92-7)77(110)98-67-69(105)42-15-20-55(49(88)24-42)120-57-26-44-27-58(73(57)125-84-74(71(107)70(106)59(34-100)122-84)124-62-32-86(6,76(109)37(4)119-62)93-33-38-8-10-39(11-9-38)40-12-17-45(87)18-13-40)121-56-21-16-43(25-50(56)89)72(123-61-31-85(5,91)75(108)36(3)118-61)68-82(115)97-66(83(116)117)48-28-46(101)29-54(103)63(48)47-23-41(14-19-53(47)102)64(79(112)99-68)96-80(113)65(44)95-78(111)52(30-60(90)104)94-81(67)114/h8-21,23-29,35-37,51-52,59,61-62,64-72,74-76,84,92-93,100-103,105-109H,22,30-34,91H2,1-7H3,(H2,90,104)(H,94,114)(H,95,111)(H,96,113)(H,97,115)(H,98,110)(H,99,112)(H,116,117)/t36-,37-,51+,52-,59+,61+,62-,64+,65+,66-,67+,68-,69+,70+,71-,72+,74+,75-,76-,84-,85-,86-/m0/s1. The lowest BCUT2D eigenvalue weighted by Crippen LogP contribution is -2.65. The molecule has 0 saturated carbocycles. The number of carboxylic acid groups (broad SMARTS) is 1. The van der Waals surface area contributed by atoms with E-state index >= 15 is 24.0 Å². The van der Waals surface area contributed by atoms with Crippen LogP contribution in [0, 0.1) is 5.92 Å². The van der Waals surface area contributed by atoms with Gasteiger partial charge < -0.3 is 143 Å². The number of benzene rings is 7. The lowest BCUT2D eigenvalue weighted by molar-refractivity contribution is -0.334. The van der Waals surface area contributed by atoms with Crippen molar-refractivity contribution < 1.29 is 127 Å². The molecule has 0 aromatic heterocycles. The zero-order valence-electron chi connectivity index (χ0n) is 68.3. The Hall–Kier alpha value is -10.6. The van der Waals surface area contributed by atoms with Crippen molar-refractivity contribution in [2.45, 2.75) is 207 Å². The zero-order chi connectivity index (χ0) is 90.3. The van der Waals surface area contributed by atoms with Crippen LogP contribution in [-0.2, 0) is 68.6 Å². The van der Waals surface area contributed by atoms with Gasteiger partial charge in [-0.15, -0.1) is 0 Å². The Morgan fingerprint density at radius 3 is 1.83 bits per heavy atom. The Morgan fingerprint density at radius 2 is 1.22 bits per heavy atom. The van der Waals surface area contributed by atoms with Gasteiger partial charge in [0.05, 0.1) is 53.5 Å². The molecule has 39 heteroatoms. The smallest absolute Gasteiger partial charge is 0.330 e. The quantitative estimate of drug-likeness (QED) is 0.0530. The van der Waals surface area contributed by atoms with E-state index in [1.165, 1.54) is 51.2 Å². The Labute approximate surface area is 730 Å². The largest absolute Gasteiger partial charge is 0.508 e. The van der Waals surface area contributed by atoms with Crippen molar-refractivity contribution in [3.8, 4) is 68.2 Å². The number of aliphatic hydroxyl groups is 6. The van der Waals surface area contributed by atoms with Crippen molar-refractivity contribution in [3.05, 3.63) is 176 Å². The topological polar surface area (TPSA) is 561 Å². The van der Waals surface area contributed by atoms with Crippen LogP contribution in [0.4, 0.5) is 0 Å². The number of aliphatic carboxylic acids is 1. The molecule has 0 aliphatic carbocycles. The molecule has 125 heavy (non-hydrogen) atoms. The van der Waals surface area contributed by atoms with E-state index < -0.39 is 261 Å². The summed E-state index contributed by atoms with van der Waals surface area (Å²) in [7, 11) is 1.48. The summed E-state index contributed by atoms with van der Waals surface area (Å²) in [5.41, 5.74) is 9.60. The molecular weight excluding hydrogens is 1700 g/mol. The molecular formula is C86H97Cl3N10O26. The molecule has 22 atom stereocenters. The Kier molecular flexibility index (Phi) is 27.9. The number of nitrogens with two attached hydrogens (primary N) is 2. The van der Waals surface area contributed by atoms with Crippen molar-refractivity contribution in [1.29, 1.82) is 0 Å². The Balaban J connectivity index is 1.02. The number of primary amides is 1. The van der Waals surface area contributed by atoms with Gasteiger partial charge in [-0.25, -0.2) is 4.79 Å². The minimum atomic E-state index is -2.40. The van der Waals surface area contributed by atoms with E-state index in [-0.39, 0.29) is 59.2 Å². The SMILES string of the molecule is CN[C@H](CC(C)C)C(=O)N[C@H]1C(=O)N[C@@H](CC(N)=O)C(=O)N[C@H]2C(=O)N[C@H]3C(=O)N[C@H](C(=O)N[C@H](C(=O)O)c4cc(O)cc(O)c4-c4cc3ccc4O)[C@H](O[C@@H]3C[C@](C)(N)[C@@H](O)[C@H](C)O3)c3ccc(c(Cl)c3)Oc3cc2cc(c3O[C@@H]2O[C@H](CO)[C@@H](O)[C@H](O)[C@H]2O[C@H]2C[C@](C)(NCc3ccc(-c4ccc(Cl)cc4)cc3)[C@@H](O)[C@H](C)O2)Oc2ccc(cc2Cl)[C@H]1O. The minimum Gasteiger partial charge on any atom is -0.508 e. The van der Waals surface area contributed by atoms with Gasteiger partial charge in [-0.05, 0) is 153 Å². The number of phenolic OH excluding ortho intramolecular Hbond substituents is 3. The molecule has 15 rings (SSSR count). The Morgan fingerprint density at radius 1 is 0.632 bits per heavy atom. The molecule has 0 spiro atoms. The highest BCUT2D eigenvalue weighted by atomic mass is 35.5. The number of halogens is 3. The van der Waals surface area contributed by atoms with E-state index in [1.54, 1.807) is 26.0 Å². The molecule has 7 aromatic carbocycles. The lowest BCUT2D eigenvalue weighted by Gasteiger charge is -2.48. The number of ether oxygens (including phenoxy) is 8. The van der Waals surface area contributed by atoms with Crippen molar-refractivity contribution in [3.63, 3.8) is 0 Å². The van der Waals surface area contributed by atoms with Gasteiger partial charge in [0.15, 0.2) is 36.2 Å². The summed E-state index contributed by atoms with van der Waals surface area (Å²) in [5, 5.41) is 138. The van der Waals surface area contributed by atoms with E-state index in [0.717, 1.165) is 65.2 Å². The molecule has 668 valence electrons. The van der Waals surface area contributed by atoms with Gasteiger partial charge in [0, 0.05) is 58.2 Å². The van der Waals surface area contributed by atoms with Crippen molar-refractivity contribution >= 4 is 82.1 Å². The molecule has 0 radical (unpaired) electrons. The molecule has 7 amide bonds. The van der Waals surface area contributed by atoms with Crippen molar-refractivity contribution in [1.82, 2.24) is 42.5 Å². The van der Waals surface area contributed by atoms with E-state index in [9.17, 15) is 65.4 Å². The van der Waals surface area contributed by atoms with Crippen LogP contribution in [0.2, 0.25) is 15.1 Å². The third-order valence-corrected chi connectivity index (χ3v) is 23.8. The first kappa shape index (κ1) is 92.1. The molecule has 3 saturated heterocycles. The van der Waals surface area contributed by atoms with E-state index in [1.807, 2.05) is 50.2 Å². The number of likely N-dealkylation sites (N-methyl/N-ethyl adjacent to an activating group) is 1. The van der Waals surface area contributed by atoms with Crippen LogP contribution in [0.15, 0.2) is 127 Å². The van der Waals surface area contributed by atoms with Gasteiger partial charge in [0.2, 0.25) is 53.4 Å². The average molecular weight is 1790 g/mol. The average Bonchev–Trinajstić information content (AvgIpc) is 0.762. The second-order valence-corrected chi connectivity index (χ2v) is 34.0. The fourth-order valence-electron chi connectivity index (χ4n) is 16.2. The highest BCUT2D eigenvalue weighted by Gasteiger charge is 2.53. The number of aliphatic hydroxyl groups excluding tert-OH is 6. The fraction of sp³-hybridized carbons (Fsp3) is 0.419. The number of hydrogen-bond acceptors (Lipinski definition) is 28. The highest BCUT2D eigenvalue weighted by molar-refractivity contribution is 6.32. The van der Waals surface area contributed by atoms with Gasteiger partial charge in [-0.3, -0.25) is 33.6 Å². The predicted molar refractivity (Wildman–Crippen MR) is 445 cm³/mol. The van der Waals surface area contributed by atoms with Gasteiger partial charge in [-0.2, -0.15) is 0 Å². The first-order valence-electron chi connectivity index (χ1n) is 40.1. The number of rotatable bonds is 19. The highest BCUT2D eigenvalue weighted by Crippen LogP contribution is 2.51. The summed E-state index contributed by atoms with van der Waals surface area (Å²) in [4.78, 5) is 121. The summed E-state index contributed by atoms with van der Waals surface area (Å²) in [6.07, 6.45) is -23.0. The number of amides is 7. The van der Waals surface area contributed by atoms with Crippen molar-refractivity contribution in [2.24, 2.45) is 17.4 Å². The summed E-state index contributed by atoms with van der Waals surface area (Å²) in [5.74, 6) is -16.1. The van der Waals surface area contributed by atoms with Crippen LogP contribution < -0.4 is 68.2 Å². The van der Waals surface area contributed by atoms with Crippen LogP contribution in [0.5, 0.6) is 46.0 Å². The lowest BCUT2D eigenvalue weighted by atomic mass is 9.84. The number of carbonyl (C=O) groups excluding carboxylic acids is 7. The van der Waals surface area contributed by atoms with Crippen LogP contribution in [0.3, 0.4) is 0 Å². The molecule has 8 aliphatic rings. The molecule has 8 heterocycles. The minimum absolute atomic E-state index is 0.119. The summed E-state index contributed by atoms with van der Waals surface area (Å²) in [6, 6.07) is 14.5. The van der Waals surface area contributed by atoms with Crippen LogP contribution >= 0.6 is 34.8 Å². The van der Waals surface area contributed by atoms with Gasteiger partial charge >= 0.3 is 5.97 Å². The summed E-state index contributed by atoms with van der Waals surface area (Å²) < 4.78 is 52.9. The monoisotopic (exact) mass is 1790 g/mol. The number of phenols is 3. The van der Waals surface area contributed by atoms with Gasteiger partial charge in [0.1, 0.15) is 89.5 Å². The number of aromatic hydroxyl groups is 3. The van der Waals surface area contributed by atoms with Crippen LogP contribution in [-0.4, -0.2) is 215 Å². The normalized spacial score (nSPS) is 29.7. The fourth-order valence-corrected chi connectivity index (χ4v) is 16.7. The predicted octanol–water partition coefficient (Wildman–Crippen LogP) is 4.50. The number of carbonyl (C=O) groups is 8. The second-order valence-electron chi connectivity index (χ2n) is 32.7. The van der Waals surface area contributed by atoms with Crippen LogP contribution in [0.25, 0.3) is 22.3 Å². The van der Waals surface area contributed by atoms with Gasteiger partial charge in [0.25, 0.3) is 0 Å². The van der Waals surface area contributed by atoms with Crippen molar-refractivity contribution in [2.75, 3.05) is 13.7 Å². The second kappa shape index (κ2) is 37.9. The summed E-state index contributed by atoms with van der Waals surface area (Å²) >= 11 is 20.8. The van der Waals surface area contributed by atoms with E-state index in [4.69, 9.17) is 84.2 Å². The van der Waals surface area contributed by atoms with E-state index in [0.29, 0.717) is 5.02 Å². The first-order chi connectivity index (χ1) is 59.2. The first-order valence-corrected chi connectivity index (χ1v) is 41.2. The third kappa shape index (κ3) is 20.1. The number of carboxylic acids is 1. The molecule has 36 nitrogen and oxygen atoms in total. The summed E-state index contributed by atoms with van der Waals surface area (Å²) in [6.45, 7) is 9.06. The third-order valence-electron chi connectivity index (χ3n) is 22.9. The molecule has 8 aliphatic heterocycles. The van der Waals surface area contributed by atoms with E-state index in [2.05, 4.69) is 42.5 Å².